The van der Waals surface area contributed by atoms with E-state index in [4.69, 9.17) is 21.4 Å². The third-order valence-corrected chi connectivity index (χ3v) is 3.97. The van der Waals surface area contributed by atoms with E-state index in [-0.39, 0.29) is 11.3 Å². The average molecular weight is 352 g/mol. The van der Waals surface area contributed by atoms with Crippen molar-refractivity contribution in [1.82, 2.24) is 4.90 Å². The Morgan fingerprint density at radius 3 is 2.48 bits per heavy atom. The molecule has 1 fully saturated rings. The highest BCUT2D eigenvalue weighted by molar-refractivity contribution is 6.30. The summed E-state index contributed by atoms with van der Waals surface area (Å²) in [5.41, 5.74) is 0.0314. The number of amides is 1. The van der Waals surface area contributed by atoms with Crippen molar-refractivity contribution in [2.45, 2.75) is 6.18 Å². The lowest BCUT2D eigenvalue weighted by atomic mass is 9.96. The predicted molar refractivity (Wildman–Crippen MR) is 74.6 cm³/mol. The van der Waals surface area contributed by atoms with Gasteiger partial charge < -0.3 is 14.7 Å². The van der Waals surface area contributed by atoms with Crippen LogP contribution in [0.4, 0.5) is 13.2 Å². The minimum Gasteiger partial charge on any atom is -0.496 e. The van der Waals surface area contributed by atoms with Crippen LogP contribution in [0.25, 0.3) is 0 Å². The van der Waals surface area contributed by atoms with Crippen molar-refractivity contribution >= 4 is 23.5 Å². The molecular formula is C14H13ClF3NO4. The van der Waals surface area contributed by atoms with Gasteiger partial charge in [0.15, 0.2) is 0 Å². The third kappa shape index (κ3) is 3.52. The van der Waals surface area contributed by atoms with Gasteiger partial charge in [-0.1, -0.05) is 11.6 Å². The first-order chi connectivity index (χ1) is 10.6. The highest BCUT2D eigenvalue weighted by Gasteiger charge is 2.53. The summed E-state index contributed by atoms with van der Waals surface area (Å²) in [7, 11) is 1.30. The van der Waals surface area contributed by atoms with E-state index in [0.29, 0.717) is 5.02 Å². The fraction of sp³-hybridized carbons (Fsp3) is 0.429. The molecule has 1 aromatic carbocycles. The Morgan fingerprint density at radius 1 is 1.35 bits per heavy atom. The number of hydrogen-bond donors (Lipinski definition) is 1. The zero-order valence-corrected chi connectivity index (χ0v) is 12.7. The molecule has 5 nitrogen and oxygen atoms in total. The number of alkyl halides is 3. The SMILES string of the molecule is COc1cc(Cl)ccc1C(=O)N1C[C@@H](C(F)(F)F)[C@H](C(=O)O)C1. The smallest absolute Gasteiger partial charge is 0.394 e. The van der Waals surface area contributed by atoms with Crippen LogP contribution in [0.5, 0.6) is 5.75 Å². The topological polar surface area (TPSA) is 66.8 Å². The van der Waals surface area contributed by atoms with E-state index in [1.54, 1.807) is 0 Å². The molecule has 1 heterocycles. The van der Waals surface area contributed by atoms with Gasteiger partial charge in [-0.3, -0.25) is 9.59 Å². The molecule has 1 amide bonds. The molecule has 9 heteroatoms. The minimum atomic E-state index is -4.69. The van der Waals surface area contributed by atoms with Crippen molar-refractivity contribution in [3.8, 4) is 5.75 Å². The summed E-state index contributed by atoms with van der Waals surface area (Å²) < 4.78 is 43.9. The van der Waals surface area contributed by atoms with Gasteiger partial charge in [0.25, 0.3) is 5.91 Å². The monoisotopic (exact) mass is 351 g/mol. The summed E-state index contributed by atoms with van der Waals surface area (Å²) in [6.45, 7) is -1.21. The maximum Gasteiger partial charge on any atom is 0.394 e. The Kier molecular flexibility index (Phi) is 4.74. The van der Waals surface area contributed by atoms with Crippen molar-refractivity contribution in [3.63, 3.8) is 0 Å². The van der Waals surface area contributed by atoms with E-state index >= 15 is 0 Å². The van der Waals surface area contributed by atoms with Crippen LogP contribution in [-0.4, -0.2) is 48.3 Å². The Hall–Kier alpha value is -1.96. The molecule has 126 valence electrons. The molecular weight excluding hydrogens is 339 g/mol. The number of likely N-dealkylation sites (tertiary alicyclic amines) is 1. The number of hydrogen-bond acceptors (Lipinski definition) is 3. The minimum absolute atomic E-state index is 0.0314. The summed E-state index contributed by atoms with van der Waals surface area (Å²) in [5.74, 6) is -5.97. The zero-order chi connectivity index (χ0) is 17.4. The van der Waals surface area contributed by atoms with Gasteiger partial charge in [0, 0.05) is 18.1 Å². The molecule has 0 aliphatic carbocycles. The average Bonchev–Trinajstić information content (AvgIpc) is 2.92. The van der Waals surface area contributed by atoms with E-state index in [0.717, 1.165) is 4.90 Å². The number of nitrogens with zero attached hydrogens (tertiary/aromatic N) is 1. The summed E-state index contributed by atoms with van der Waals surface area (Å²) in [4.78, 5) is 24.3. The number of carboxylic acids is 1. The molecule has 2 rings (SSSR count). The molecule has 1 saturated heterocycles. The highest BCUT2D eigenvalue weighted by atomic mass is 35.5. The summed E-state index contributed by atoms with van der Waals surface area (Å²) in [6, 6.07) is 4.10. The van der Waals surface area contributed by atoms with Crippen LogP contribution in [0.2, 0.25) is 5.02 Å². The van der Waals surface area contributed by atoms with E-state index in [2.05, 4.69) is 0 Å². The molecule has 2 atom stereocenters. The lowest BCUT2D eigenvalue weighted by Crippen LogP contribution is -2.34. The van der Waals surface area contributed by atoms with Crippen LogP contribution >= 0.6 is 11.6 Å². The van der Waals surface area contributed by atoms with Crippen LogP contribution in [0.15, 0.2) is 18.2 Å². The first-order valence-electron chi connectivity index (χ1n) is 6.57. The van der Waals surface area contributed by atoms with Gasteiger partial charge in [-0.25, -0.2) is 0 Å². The Morgan fingerprint density at radius 2 is 2.00 bits per heavy atom. The van der Waals surface area contributed by atoms with Gasteiger partial charge in [-0.2, -0.15) is 13.2 Å². The van der Waals surface area contributed by atoms with Crippen LogP contribution in [0, 0.1) is 11.8 Å². The zero-order valence-electron chi connectivity index (χ0n) is 11.9. The van der Waals surface area contributed by atoms with Gasteiger partial charge in [-0.05, 0) is 18.2 Å². The lowest BCUT2D eigenvalue weighted by Gasteiger charge is -2.19. The van der Waals surface area contributed by atoms with Crippen LogP contribution in [0.1, 0.15) is 10.4 Å². The first-order valence-corrected chi connectivity index (χ1v) is 6.95. The number of carbonyl (C=O) groups excluding carboxylic acids is 1. The van der Waals surface area contributed by atoms with Gasteiger partial charge >= 0.3 is 12.1 Å². The first kappa shape index (κ1) is 17.4. The number of benzene rings is 1. The van der Waals surface area contributed by atoms with Crippen molar-refractivity contribution in [3.05, 3.63) is 28.8 Å². The van der Waals surface area contributed by atoms with Gasteiger partial charge in [0.05, 0.1) is 24.5 Å². The number of rotatable bonds is 3. The maximum atomic E-state index is 13.0. The number of aliphatic carboxylic acids is 1. The van der Waals surface area contributed by atoms with Crippen molar-refractivity contribution < 1.29 is 32.6 Å². The van der Waals surface area contributed by atoms with Gasteiger partial charge in [-0.15, -0.1) is 0 Å². The largest absolute Gasteiger partial charge is 0.496 e. The molecule has 0 unspecified atom stereocenters. The molecule has 0 spiro atoms. The second kappa shape index (κ2) is 6.27. The number of carbonyl (C=O) groups is 2. The Balaban J connectivity index is 2.29. The fourth-order valence-electron chi connectivity index (χ4n) is 2.56. The van der Waals surface area contributed by atoms with Gasteiger partial charge in [0.2, 0.25) is 0 Å². The van der Waals surface area contributed by atoms with Crippen LogP contribution < -0.4 is 4.74 Å². The fourth-order valence-corrected chi connectivity index (χ4v) is 2.73. The Labute approximate surface area is 134 Å². The lowest BCUT2D eigenvalue weighted by molar-refractivity contribution is -0.187. The molecule has 1 aromatic rings. The van der Waals surface area contributed by atoms with Crippen molar-refractivity contribution in [1.29, 1.82) is 0 Å². The van der Waals surface area contributed by atoms with E-state index < -0.39 is 43.0 Å². The number of ether oxygens (including phenoxy) is 1. The second-order valence-electron chi connectivity index (χ2n) is 5.15. The van der Waals surface area contributed by atoms with E-state index in [9.17, 15) is 22.8 Å². The standard InChI is InChI=1S/C14H13ClF3NO4/c1-23-11-4-7(15)2-3-8(11)12(20)19-5-9(13(21)22)10(6-19)14(16,17)18/h2-4,9-10H,5-6H2,1H3,(H,21,22)/t9-,10-/m1/s1. The van der Waals surface area contributed by atoms with E-state index in [1.165, 1.54) is 25.3 Å². The maximum absolute atomic E-state index is 13.0. The van der Waals surface area contributed by atoms with Gasteiger partial charge in [0.1, 0.15) is 5.75 Å². The predicted octanol–water partition coefficient (Wildman–Crippen LogP) is 2.68. The molecule has 0 aromatic heterocycles. The molecule has 1 aliphatic rings. The number of halogens is 4. The Bertz CT molecular complexity index is 635. The van der Waals surface area contributed by atoms with E-state index in [1.807, 2.05) is 0 Å². The molecule has 1 aliphatic heterocycles. The molecule has 23 heavy (non-hydrogen) atoms. The molecule has 0 bridgehead atoms. The highest BCUT2D eigenvalue weighted by Crippen LogP contribution is 2.38. The molecule has 0 saturated carbocycles. The van der Waals surface area contributed by atoms with Crippen LogP contribution in [0.3, 0.4) is 0 Å². The second-order valence-corrected chi connectivity index (χ2v) is 5.58. The molecule has 0 radical (unpaired) electrons. The summed E-state index contributed by atoms with van der Waals surface area (Å²) >= 11 is 5.78. The van der Waals surface area contributed by atoms with Crippen LogP contribution in [-0.2, 0) is 4.79 Å². The number of methoxy groups -OCH3 is 1. The summed E-state index contributed by atoms with van der Waals surface area (Å²) in [5, 5.41) is 9.28. The van der Waals surface area contributed by atoms with Crippen molar-refractivity contribution in [2.75, 3.05) is 20.2 Å². The van der Waals surface area contributed by atoms with Crippen molar-refractivity contribution in [2.24, 2.45) is 11.8 Å². The summed E-state index contributed by atoms with van der Waals surface area (Å²) in [6.07, 6.45) is -4.69. The quantitative estimate of drug-likeness (QED) is 0.909. The normalized spacial score (nSPS) is 21.3. The third-order valence-electron chi connectivity index (χ3n) is 3.74. The molecule has 1 N–H and O–H groups in total. The number of carboxylic acid groups (broad SMARTS) is 1.